The van der Waals surface area contributed by atoms with Gasteiger partial charge >= 0.3 is 0 Å². The van der Waals surface area contributed by atoms with Gasteiger partial charge in [0.25, 0.3) is 0 Å². The van der Waals surface area contributed by atoms with Crippen LogP contribution in [0.15, 0.2) is 12.1 Å². The van der Waals surface area contributed by atoms with Crippen LogP contribution in [0, 0.1) is 11.8 Å². The van der Waals surface area contributed by atoms with Crippen molar-refractivity contribution in [3.8, 4) is 0 Å². The Morgan fingerprint density at radius 1 is 1.38 bits per heavy atom. The zero-order chi connectivity index (χ0) is 11.8. The van der Waals surface area contributed by atoms with Crippen LogP contribution in [-0.2, 0) is 5.60 Å². The molecule has 1 aliphatic carbocycles. The maximum atomic E-state index is 10.6. The van der Waals surface area contributed by atoms with E-state index in [1.165, 1.54) is 11.3 Å². The van der Waals surface area contributed by atoms with Gasteiger partial charge in [0, 0.05) is 4.88 Å². The lowest BCUT2D eigenvalue weighted by atomic mass is 9.74. The van der Waals surface area contributed by atoms with E-state index in [1.54, 1.807) is 0 Å². The molecule has 0 bridgehead atoms. The smallest absolute Gasteiger partial charge is 0.0988 e. The molecule has 0 radical (unpaired) electrons. The summed E-state index contributed by atoms with van der Waals surface area (Å²) < 4.78 is 0.773. The Morgan fingerprint density at radius 2 is 2.00 bits per heavy atom. The highest BCUT2D eigenvalue weighted by Gasteiger charge is 2.36. The van der Waals surface area contributed by atoms with Gasteiger partial charge in [-0.2, -0.15) is 0 Å². The van der Waals surface area contributed by atoms with Crippen molar-refractivity contribution in [1.82, 2.24) is 0 Å². The molecule has 0 aromatic carbocycles. The van der Waals surface area contributed by atoms with Crippen LogP contribution in [0.4, 0.5) is 0 Å². The first kappa shape index (κ1) is 12.4. The van der Waals surface area contributed by atoms with Gasteiger partial charge in [0.2, 0.25) is 0 Å². The van der Waals surface area contributed by atoms with Gasteiger partial charge in [0.15, 0.2) is 0 Å². The van der Waals surface area contributed by atoms with Gasteiger partial charge in [-0.25, -0.2) is 0 Å². The lowest BCUT2D eigenvalue weighted by molar-refractivity contribution is -0.0168. The topological polar surface area (TPSA) is 20.2 Å². The zero-order valence-electron chi connectivity index (χ0n) is 9.87. The monoisotopic (exact) mass is 258 g/mol. The highest BCUT2D eigenvalue weighted by atomic mass is 35.5. The van der Waals surface area contributed by atoms with Crippen LogP contribution >= 0.6 is 22.9 Å². The van der Waals surface area contributed by atoms with Gasteiger partial charge in [-0.05, 0) is 49.7 Å². The van der Waals surface area contributed by atoms with Crippen molar-refractivity contribution in [3.05, 3.63) is 21.3 Å². The third kappa shape index (κ3) is 2.44. The van der Waals surface area contributed by atoms with E-state index in [9.17, 15) is 5.11 Å². The molecule has 0 unspecified atom stereocenters. The maximum absolute atomic E-state index is 10.6. The van der Waals surface area contributed by atoms with Crippen molar-refractivity contribution in [2.24, 2.45) is 11.8 Å². The summed E-state index contributed by atoms with van der Waals surface area (Å²) in [5.41, 5.74) is -0.608. The van der Waals surface area contributed by atoms with E-state index in [0.717, 1.165) is 46.7 Å². The average molecular weight is 259 g/mol. The van der Waals surface area contributed by atoms with Crippen LogP contribution in [0.5, 0.6) is 0 Å². The lowest BCUT2D eigenvalue weighted by Gasteiger charge is -2.36. The van der Waals surface area contributed by atoms with Crippen molar-refractivity contribution in [2.75, 3.05) is 0 Å². The van der Waals surface area contributed by atoms with E-state index in [4.69, 9.17) is 11.6 Å². The fourth-order valence-electron chi connectivity index (χ4n) is 2.60. The largest absolute Gasteiger partial charge is 0.384 e. The van der Waals surface area contributed by atoms with Crippen molar-refractivity contribution in [1.29, 1.82) is 0 Å². The Labute approximate surface area is 106 Å². The molecule has 16 heavy (non-hydrogen) atoms. The summed E-state index contributed by atoms with van der Waals surface area (Å²) in [6.07, 6.45) is 4.02. The molecule has 2 rings (SSSR count). The molecule has 1 heterocycles. The SMILES string of the molecule is CC(C)C1CCC(O)(c2ccc(Cl)s2)CC1. The van der Waals surface area contributed by atoms with Gasteiger partial charge in [0.05, 0.1) is 9.94 Å². The number of aliphatic hydroxyl groups is 1. The molecule has 1 fully saturated rings. The lowest BCUT2D eigenvalue weighted by Crippen LogP contribution is -2.32. The maximum Gasteiger partial charge on any atom is 0.0988 e. The molecule has 90 valence electrons. The Bertz CT molecular complexity index is 351. The molecular formula is C13H19ClOS. The molecule has 3 heteroatoms. The number of thiophene rings is 1. The third-order valence-electron chi connectivity index (χ3n) is 3.83. The molecule has 1 aromatic heterocycles. The summed E-state index contributed by atoms with van der Waals surface area (Å²) in [6.45, 7) is 4.55. The second-order valence-corrected chi connectivity index (χ2v) is 6.93. The fourth-order valence-corrected chi connectivity index (χ4v) is 3.78. The summed E-state index contributed by atoms with van der Waals surface area (Å²) >= 11 is 7.45. The highest BCUT2D eigenvalue weighted by molar-refractivity contribution is 7.16. The van der Waals surface area contributed by atoms with Crippen molar-refractivity contribution in [3.63, 3.8) is 0 Å². The Morgan fingerprint density at radius 3 is 2.44 bits per heavy atom. The van der Waals surface area contributed by atoms with E-state index in [1.807, 2.05) is 12.1 Å². The first-order valence-corrected chi connectivity index (χ1v) is 7.19. The van der Waals surface area contributed by atoms with E-state index in [2.05, 4.69) is 13.8 Å². The molecule has 1 nitrogen and oxygen atoms in total. The van der Waals surface area contributed by atoms with E-state index in [0.29, 0.717) is 0 Å². The van der Waals surface area contributed by atoms with Gasteiger partial charge < -0.3 is 5.11 Å². The van der Waals surface area contributed by atoms with Crippen LogP contribution in [-0.4, -0.2) is 5.11 Å². The molecule has 1 N–H and O–H groups in total. The predicted octanol–water partition coefficient (Wildman–Crippen LogP) is 4.44. The Balaban J connectivity index is 2.06. The van der Waals surface area contributed by atoms with Crippen LogP contribution in [0.2, 0.25) is 4.34 Å². The summed E-state index contributed by atoms with van der Waals surface area (Å²) in [7, 11) is 0. The molecule has 1 aliphatic rings. The van der Waals surface area contributed by atoms with Crippen molar-refractivity contribution in [2.45, 2.75) is 45.1 Å². The standard InChI is InChI=1S/C13H19ClOS/c1-9(2)10-5-7-13(15,8-6-10)11-3-4-12(14)16-11/h3-4,9-10,15H,5-8H2,1-2H3. The van der Waals surface area contributed by atoms with E-state index in [-0.39, 0.29) is 0 Å². The molecule has 0 saturated heterocycles. The Kier molecular flexibility index (Phi) is 3.62. The van der Waals surface area contributed by atoms with Crippen molar-refractivity contribution < 1.29 is 5.11 Å². The normalized spacial score (nSPS) is 30.9. The molecule has 1 saturated carbocycles. The van der Waals surface area contributed by atoms with Gasteiger partial charge in [-0.1, -0.05) is 25.4 Å². The quantitative estimate of drug-likeness (QED) is 0.832. The van der Waals surface area contributed by atoms with Crippen molar-refractivity contribution >= 4 is 22.9 Å². The molecule has 1 aromatic rings. The first-order valence-electron chi connectivity index (χ1n) is 5.99. The first-order chi connectivity index (χ1) is 7.51. The summed E-state index contributed by atoms with van der Waals surface area (Å²) in [4.78, 5) is 1.04. The van der Waals surface area contributed by atoms with Crippen LogP contribution < -0.4 is 0 Å². The molecule has 0 atom stereocenters. The summed E-state index contributed by atoms with van der Waals surface area (Å²) in [5.74, 6) is 1.51. The van der Waals surface area contributed by atoms with Gasteiger partial charge in [-0.15, -0.1) is 11.3 Å². The second kappa shape index (κ2) is 4.67. The second-order valence-electron chi connectivity index (χ2n) is 5.22. The highest BCUT2D eigenvalue weighted by Crippen LogP contribution is 2.44. The number of hydrogen-bond donors (Lipinski definition) is 1. The summed E-state index contributed by atoms with van der Waals surface area (Å²) in [6, 6.07) is 3.86. The molecule has 0 spiro atoms. The fraction of sp³-hybridized carbons (Fsp3) is 0.692. The minimum Gasteiger partial charge on any atom is -0.384 e. The molecule has 0 aliphatic heterocycles. The molecule has 0 amide bonds. The Hall–Kier alpha value is -0.0500. The minimum atomic E-state index is -0.608. The van der Waals surface area contributed by atoms with Gasteiger partial charge in [0.1, 0.15) is 0 Å². The molecular weight excluding hydrogens is 240 g/mol. The predicted molar refractivity (Wildman–Crippen MR) is 70.0 cm³/mol. The van der Waals surface area contributed by atoms with Crippen LogP contribution in [0.25, 0.3) is 0 Å². The third-order valence-corrected chi connectivity index (χ3v) is 5.26. The van der Waals surface area contributed by atoms with E-state index >= 15 is 0 Å². The van der Waals surface area contributed by atoms with Gasteiger partial charge in [-0.3, -0.25) is 0 Å². The van der Waals surface area contributed by atoms with Crippen LogP contribution in [0.3, 0.4) is 0 Å². The van der Waals surface area contributed by atoms with E-state index < -0.39 is 5.60 Å². The number of halogens is 1. The average Bonchev–Trinajstić information content (AvgIpc) is 2.66. The summed E-state index contributed by atoms with van der Waals surface area (Å²) in [5, 5.41) is 10.6. The number of hydrogen-bond acceptors (Lipinski definition) is 2. The van der Waals surface area contributed by atoms with Crippen LogP contribution in [0.1, 0.15) is 44.4 Å². The zero-order valence-corrected chi connectivity index (χ0v) is 11.4. The number of rotatable bonds is 2. The minimum absolute atomic E-state index is 0.608.